The van der Waals surface area contributed by atoms with Crippen molar-refractivity contribution < 1.29 is 0 Å². The van der Waals surface area contributed by atoms with Crippen LogP contribution in [0.15, 0.2) is 17.5 Å². The highest BCUT2D eigenvalue weighted by Crippen LogP contribution is 2.41. The summed E-state index contributed by atoms with van der Waals surface area (Å²) in [6.45, 7) is 2.33. The van der Waals surface area contributed by atoms with Crippen LogP contribution in [0.1, 0.15) is 56.4 Å². The molecule has 2 aliphatic rings. The largest absolute Gasteiger partial charge is 0.328 e. The van der Waals surface area contributed by atoms with Gasteiger partial charge >= 0.3 is 0 Å². The summed E-state index contributed by atoms with van der Waals surface area (Å²) in [5.74, 6) is 0. The molecule has 2 N–H and O–H groups in total. The van der Waals surface area contributed by atoms with Crippen LogP contribution in [0.25, 0.3) is 0 Å². The van der Waals surface area contributed by atoms with Gasteiger partial charge in [0.05, 0.1) is 0 Å². The van der Waals surface area contributed by atoms with E-state index >= 15 is 0 Å². The molecule has 3 heteroatoms. The molecule has 2 saturated heterocycles. The SMILES string of the molecule is CCC(c1cccs1)N1C2CCCC1CC(N)C2. The maximum absolute atomic E-state index is 6.22. The highest BCUT2D eigenvalue weighted by Gasteiger charge is 2.40. The quantitative estimate of drug-likeness (QED) is 0.904. The van der Waals surface area contributed by atoms with Crippen LogP contribution in [0, 0.1) is 0 Å². The van der Waals surface area contributed by atoms with E-state index in [0.717, 1.165) is 12.1 Å². The van der Waals surface area contributed by atoms with Gasteiger partial charge in [-0.2, -0.15) is 0 Å². The number of piperidine rings is 2. The van der Waals surface area contributed by atoms with Crippen molar-refractivity contribution in [3.8, 4) is 0 Å². The molecule has 2 bridgehead atoms. The lowest BCUT2D eigenvalue weighted by Crippen LogP contribution is -2.56. The van der Waals surface area contributed by atoms with Gasteiger partial charge in [-0.25, -0.2) is 0 Å². The second kappa shape index (κ2) is 5.32. The van der Waals surface area contributed by atoms with E-state index in [0.29, 0.717) is 12.1 Å². The van der Waals surface area contributed by atoms with Crippen molar-refractivity contribution in [3.63, 3.8) is 0 Å². The van der Waals surface area contributed by atoms with Crippen molar-refractivity contribution in [1.29, 1.82) is 0 Å². The number of thiophene rings is 1. The number of hydrogen-bond acceptors (Lipinski definition) is 3. The van der Waals surface area contributed by atoms with Gasteiger partial charge < -0.3 is 5.73 Å². The smallest absolute Gasteiger partial charge is 0.0444 e. The molecule has 0 saturated carbocycles. The van der Waals surface area contributed by atoms with E-state index in [9.17, 15) is 0 Å². The summed E-state index contributed by atoms with van der Waals surface area (Å²) < 4.78 is 0. The van der Waals surface area contributed by atoms with Gasteiger partial charge in [0.25, 0.3) is 0 Å². The summed E-state index contributed by atoms with van der Waals surface area (Å²) in [6.07, 6.45) is 7.75. The fourth-order valence-electron chi connectivity index (χ4n) is 4.01. The molecule has 0 spiro atoms. The molecule has 0 aromatic carbocycles. The maximum Gasteiger partial charge on any atom is 0.0444 e. The van der Waals surface area contributed by atoms with Crippen LogP contribution < -0.4 is 5.73 Å². The summed E-state index contributed by atoms with van der Waals surface area (Å²) in [5, 5.41) is 2.21. The monoisotopic (exact) mass is 264 g/mol. The molecule has 3 rings (SSSR count). The minimum Gasteiger partial charge on any atom is -0.328 e. The fraction of sp³-hybridized carbons (Fsp3) is 0.733. The summed E-state index contributed by atoms with van der Waals surface area (Å²) in [5.41, 5.74) is 6.22. The first-order valence-corrected chi connectivity index (χ1v) is 8.24. The molecule has 3 heterocycles. The van der Waals surface area contributed by atoms with E-state index < -0.39 is 0 Å². The van der Waals surface area contributed by atoms with E-state index in [-0.39, 0.29) is 0 Å². The molecule has 3 unspecified atom stereocenters. The van der Waals surface area contributed by atoms with Crippen LogP contribution in [-0.4, -0.2) is 23.0 Å². The highest BCUT2D eigenvalue weighted by atomic mass is 32.1. The van der Waals surface area contributed by atoms with Gasteiger partial charge in [0.2, 0.25) is 0 Å². The Morgan fingerprint density at radius 2 is 2.11 bits per heavy atom. The van der Waals surface area contributed by atoms with E-state index in [1.54, 1.807) is 4.88 Å². The summed E-state index contributed by atoms with van der Waals surface area (Å²) in [6, 6.07) is 7.04. The lowest BCUT2D eigenvalue weighted by Gasteiger charge is -2.51. The van der Waals surface area contributed by atoms with Crippen molar-refractivity contribution in [2.45, 2.75) is 69.6 Å². The predicted molar refractivity (Wildman–Crippen MR) is 77.8 cm³/mol. The van der Waals surface area contributed by atoms with Gasteiger partial charge in [-0.15, -0.1) is 11.3 Å². The van der Waals surface area contributed by atoms with Crippen LogP contribution in [0.3, 0.4) is 0 Å². The third-order valence-electron chi connectivity index (χ3n) is 4.69. The number of nitrogens with zero attached hydrogens (tertiary/aromatic N) is 1. The van der Waals surface area contributed by atoms with E-state index in [2.05, 4.69) is 29.3 Å². The molecule has 0 aliphatic carbocycles. The average molecular weight is 264 g/mol. The van der Waals surface area contributed by atoms with Crippen LogP contribution in [0.5, 0.6) is 0 Å². The van der Waals surface area contributed by atoms with Crippen LogP contribution in [0.4, 0.5) is 0 Å². The van der Waals surface area contributed by atoms with Crippen LogP contribution in [0.2, 0.25) is 0 Å². The Labute approximate surface area is 114 Å². The van der Waals surface area contributed by atoms with Crippen molar-refractivity contribution in [3.05, 3.63) is 22.4 Å². The molecule has 2 nitrogen and oxygen atoms in total. The van der Waals surface area contributed by atoms with Gasteiger partial charge in [0.1, 0.15) is 0 Å². The molecule has 18 heavy (non-hydrogen) atoms. The third-order valence-corrected chi connectivity index (χ3v) is 5.66. The maximum atomic E-state index is 6.22. The standard InChI is InChI=1S/C15H24N2S/c1-2-14(15-7-4-8-18-15)17-12-5-3-6-13(17)10-11(16)9-12/h4,7-8,11-14H,2-3,5-6,9-10,16H2,1H3. The number of rotatable bonds is 3. The molecular formula is C15H24N2S. The molecule has 0 amide bonds. The van der Waals surface area contributed by atoms with E-state index in [4.69, 9.17) is 5.73 Å². The van der Waals surface area contributed by atoms with Gasteiger partial charge in [0.15, 0.2) is 0 Å². The molecule has 100 valence electrons. The number of fused-ring (bicyclic) bond motifs is 2. The average Bonchev–Trinajstić information content (AvgIpc) is 2.84. The lowest BCUT2D eigenvalue weighted by atomic mass is 9.80. The lowest BCUT2D eigenvalue weighted by molar-refractivity contribution is -0.00670. The molecule has 2 fully saturated rings. The summed E-state index contributed by atoms with van der Waals surface area (Å²) in [4.78, 5) is 4.36. The minimum absolute atomic E-state index is 0.442. The Bertz CT molecular complexity index is 362. The van der Waals surface area contributed by atoms with Crippen LogP contribution >= 0.6 is 11.3 Å². The zero-order valence-corrected chi connectivity index (χ0v) is 12.0. The van der Waals surface area contributed by atoms with Gasteiger partial charge in [-0.3, -0.25) is 4.90 Å². The predicted octanol–water partition coefficient (Wildman–Crippen LogP) is 3.54. The molecule has 2 aliphatic heterocycles. The number of hydrogen-bond donors (Lipinski definition) is 1. The zero-order valence-electron chi connectivity index (χ0n) is 11.2. The highest BCUT2D eigenvalue weighted by molar-refractivity contribution is 7.10. The first-order valence-electron chi connectivity index (χ1n) is 7.36. The van der Waals surface area contributed by atoms with E-state index in [1.807, 2.05) is 11.3 Å². The summed E-state index contributed by atoms with van der Waals surface area (Å²) >= 11 is 1.92. The second-order valence-corrected chi connectivity index (χ2v) is 6.84. The summed E-state index contributed by atoms with van der Waals surface area (Å²) in [7, 11) is 0. The Hall–Kier alpha value is -0.380. The molecule has 1 aromatic heterocycles. The van der Waals surface area contributed by atoms with Gasteiger partial charge in [0, 0.05) is 29.0 Å². The van der Waals surface area contributed by atoms with E-state index in [1.165, 1.54) is 38.5 Å². The van der Waals surface area contributed by atoms with Gasteiger partial charge in [-0.1, -0.05) is 19.4 Å². The normalized spacial score (nSPS) is 34.4. The first kappa shape index (κ1) is 12.6. The third kappa shape index (κ3) is 2.24. The Morgan fingerprint density at radius 3 is 2.67 bits per heavy atom. The Kier molecular flexibility index (Phi) is 3.73. The molecule has 0 radical (unpaired) electrons. The fourth-order valence-corrected chi connectivity index (χ4v) is 4.93. The number of nitrogens with two attached hydrogens (primary N) is 1. The molecular weight excluding hydrogens is 240 g/mol. The second-order valence-electron chi connectivity index (χ2n) is 5.86. The van der Waals surface area contributed by atoms with Gasteiger partial charge in [-0.05, 0) is 43.6 Å². The topological polar surface area (TPSA) is 29.3 Å². The van der Waals surface area contributed by atoms with Crippen molar-refractivity contribution in [1.82, 2.24) is 4.90 Å². The van der Waals surface area contributed by atoms with Crippen molar-refractivity contribution in [2.75, 3.05) is 0 Å². The van der Waals surface area contributed by atoms with Crippen LogP contribution in [-0.2, 0) is 0 Å². The Morgan fingerprint density at radius 1 is 1.39 bits per heavy atom. The Balaban J connectivity index is 1.85. The molecule has 3 atom stereocenters. The zero-order chi connectivity index (χ0) is 12.5. The van der Waals surface area contributed by atoms with Crippen molar-refractivity contribution >= 4 is 11.3 Å². The molecule has 1 aromatic rings. The minimum atomic E-state index is 0.442. The van der Waals surface area contributed by atoms with Crippen molar-refractivity contribution in [2.24, 2.45) is 5.73 Å². The first-order chi connectivity index (χ1) is 8.79.